The molecular weight excluding hydrogens is 210 g/mol. The highest BCUT2D eigenvalue weighted by Crippen LogP contribution is 2.05. The molecule has 0 saturated carbocycles. The summed E-state index contributed by atoms with van der Waals surface area (Å²) in [5.74, 6) is 0. The van der Waals surface area contributed by atoms with Gasteiger partial charge in [-0.1, -0.05) is 6.07 Å². The van der Waals surface area contributed by atoms with Crippen LogP contribution in [0.15, 0.2) is 42.9 Å². The van der Waals surface area contributed by atoms with Gasteiger partial charge in [-0.05, 0) is 37.1 Å². The molecule has 3 heteroatoms. The summed E-state index contributed by atoms with van der Waals surface area (Å²) in [5.41, 5.74) is 8.22. The number of nitrogens with zero attached hydrogens (tertiary/aromatic N) is 2. The van der Waals surface area contributed by atoms with Crippen molar-refractivity contribution in [2.45, 2.75) is 32.4 Å². The Hall–Kier alpha value is -1.61. The Labute approximate surface area is 102 Å². The van der Waals surface area contributed by atoms with Gasteiger partial charge in [-0.3, -0.25) is 4.98 Å². The molecule has 0 amide bonds. The monoisotopic (exact) mass is 229 g/mol. The van der Waals surface area contributed by atoms with Crippen LogP contribution in [0.4, 0.5) is 0 Å². The van der Waals surface area contributed by atoms with E-state index in [1.165, 1.54) is 5.56 Å². The van der Waals surface area contributed by atoms with Crippen molar-refractivity contribution in [2.75, 3.05) is 0 Å². The van der Waals surface area contributed by atoms with Gasteiger partial charge in [-0.2, -0.15) is 0 Å². The lowest BCUT2D eigenvalue weighted by molar-refractivity contribution is 0.682. The molecule has 2 aromatic rings. The SMILES string of the molecule is CC(N)Cc1ccn(CCc2ccccn2)c1. The highest BCUT2D eigenvalue weighted by molar-refractivity contribution is 5.12. The molecule has 2 heterocycles. The number of nitrogens with two attached hydrogens (primary N) is 1. The van der Waals surface area contributed by atoms with E-state index in [0.717, 1.165) is 25.1 Å². The standard InChI is InChI=1S/C14H19N3/c1-12(15)10-13-5-8-17(11-13)9-6-14-4-2-3-7-16-14/h2-5,7-8,11-12H,6,9-10,15H2,1H3. The van der Waals surface area contributed by atoms with Crippen LogP contribution < -0.4 is 5.73 Å². The highest BCUT2D eigenvalue weighted by Gasteiger charge is 2.01. The molecule has 0 bridgehead atoms. The molecule has 90 valence electrons. The Morgan fingerprint density at radius 3 is 2.94 bits per heavy atom. The zero-order valence-electron chi connectivity index (χ0n) is 10.2. The van der Waals surface area contributed by atoms with Gasteiger partial charge in [0.2, 0.25) is 0 Å². The Morgan fingerprint density at radius 2 is 2.24 bits per heavy atom. The van der Waals surface area contributed by atoms with Crippen molar-refractivity contribution in [2.24, 2.45) is 5.73 Å². The van der Waals surface area contributed by atoms with Gasteiger partial charge in [0.15, 0.2) is 0 Å². The minimum atomic E-state index is 0.224. The normalized spacial score (nSPS) is 12.6. The topological polar surface area (TPSA) is 43.8 Å². The number of rotatable bonds is 5. The zero-order valence-corrected chi connectivity index (χ0v) is 10.2. The molecule has 2 N–H and O–H groups in total. The van der Waals surface area contributed by atoms with Crippen molar-refractivity contribution < 1.29 is 0 Å². The van der Waals surface area contributed by atoms with Gasteiger partial charge in [0, 0.05) is 43.3 Å². The van der Waals surface area contributed by atoms with Crippen molar-refractivity contribution in [1.29, 1.82) is 0 Å². The Bertz CT molecular complexity index is 446. The fourth-order valence-electron chi connectivity index (χ4n) is 1.91. The van der Waals surface area contributed by atoms with E-state index in [4.69, 9.17) is 5.73 Å². The van der Waals surface area contributed by atoms with Gasteiger partial charge >= 0.3 is 0 Å². The van der Waals surface area contributed by atoms with E-state index in [0.29, 0.717) is 0 Å². The number of hydrogen-bond donors (Lipinski definition) is 1. The van der Waals surface area contributed by atoms with Crippen molar-refractivity contribution in [3.8, 4) is 0 Å². The number of hydrogen-bond acceptors (Lipinski definition) is 2. The third-order valence-electron chi connectivity index (χ3n) is 2.72. The lowest BCUT2D eigenvalue weighted by Gasteiger charge is -2.03. The van der Waals surface area contributed by atoms with Gasteiger partial charge in [0.1, 0.15) is 0 Å². The zero-order chi connectivity index (χ0) is 12.1. The predicted molar refractivity (Wildman–Crippen MR) is 69.7 cm³/mol. The molecule has 0 fully saturated rings. The van der Waals surface area contributed by atoms with Crippen molar-refractivity contribution in [3.05, 3.63) is 54.1 Å². The first-order valence-corrected chi connectivity index (χ1v) is 6.04. The van der Waals surface area contributed by atoms with Gasteiger partial charge < -0.3 is 10.3 Å². The lowest BCUT2D eigenvalue weighted by atomic mass is 10.1. The number of pyridine rings is 1. The largest absolute Gasteiger partial charge is 0.354 e. The van der Waals surface area contributed by atoms with Gasteiger partial charge in [-0.25, -0.2) is 0 Å². The fraction of sp³-hybridized carbons (Fsp3) is 0.357. The average Bonchev–Trinajstić information content (AvgIpc) is 2.75. The van der Waals surface area contributed by atoms with Crippen molar-refractivity contribution >= 4 is 0 Å². The van der Waals surface area contributed by atoms with E-state index >= 15 is 0 Å². The molecule has 17 heavy (non-hydrogen) atoms. The molecule has 0 aliphatic rings. The second kappa shape index (κ2) is 5.64. The molecule has 0 radical (unpaired) electrons. The van der Waals surface area contributed by atoms with Crippen LogP contribution in [0, 0.1) is 0 Å². The molecule has 1 atom stereocenters. The van der Waals surface area contributed by atoms with Crippen molar-refractivity contribution in [1.82, 2.24) is 9.55 Å². The Balaban J connectivity index is 1.89. The summed E-state index contributed by atoms with van der Waals surface area (Å²) in [6, 6.07) is 8.40. The summed E-state index contributed by atoms with van der Waals surface area (Å²) in [6.07, 6.45) is 8.03. The van der Waals surface area contributed by atoms with Gasteiger partial charge in [0.05, 0.1) is 0 Å². The van der Waals surface area contributed by atoms with Crippen LogP contribution in [-0.4, -0.2) is 15.6 Å². The first-order chi connectivity index (χ1) is 8.24. The Morgan fingerprint density at radius 1 is 1.35 bits per heavy atom. The van der Waals surface area contributed by atoms with E-state index in [1.807, 2.05) is 25.3 Å². The molecule has 1 unspecified atom stereocenters. The van der Waals surface area contributed by atoms with E-state index in [9.17, 15) is 0 Å². The molecule has 2 aromatic heterocycles. The molecular formula is C14H19N3. The molecule has 3 nitrogen and oxygen atoms in total. The minimum absolute atomic E-state index is 0.224. The maximum Gasteiger partial charge on any atom is 0.0421 e. The van der Waals surface area contributed by atoms with Crippen LogP contribution in [-0.2, 0) is 19.4 Å². The third kappa shape index (κ3) is 3.71. The maximum atomic E-state index is 5.78. The summed E-state index contributed by atoms with van der Waals surface area (Å²) in [5, 5.41) is 0. The van der Waals surface area contributed by atoms with Gasteiger partial charge in [-0.15, -0.1) is 0 Å². The first kappa shape index (κ1) is 11.9. The molecule has 0 aliphatic heterocycles. The van der Waals surface area contributed by atoms with E-state index in [-0.39, 0.29) is 6.04 Å². The van der Waals surface area contributed by atoms with Crippen LogP contribution in [0.1, 0.15) is 18.2 Å². The number of aryl methyl sites for hydroxylation is 2. The van der Waals surface area contributed by atoms with E-state index in [2.05, 4.69) is 34.1 Å². The third-order valence-corrected chi connectivity index (χ3v) is 2.72. The summed E-state index contributed by atoms with van der Waals surface area (Å²) < 4.78 is 2.20. The molecule has 0 aromatic carbocycles. The summed E-state index contributed by atoms with van der Waals surface area (Å²) in [4.78, 5) is 4.32. The fourth-order valence-corrected chi connectivity index (χ4v) is 1.91. The maximum absolute atomic E-state index is 5.78. The minimum Gasteiger partial charge on any atom is -0.354 e. The second-order valence-electron chi connectivity index (χ2n) is 4.51. The van der Waals surface area contributed by atoms with Crippen LogP contribution in [0.5, 0.6) is 0 Å². The smallest absolute Gasteiger partial charge is 0.0421 e. The quantitative estimate of drug-likeness (QED) is 0.852. The highest BCUT2D eigenvalue weighted by atomic mass is 14.9. The predicted octanol–water partition coefficient (Wildman–Crippen LogP) is 2.02. The van der Waals surface area contributed by atoms with Crippen LogP contribution in [0.2, 0.25) is 0 Å². The lowest BCUT2D eigenvalue weighted by Crippen LogP contribution is -2.17. The number of aromatic nitrogens is 2. The Kier molecular flexibility index (Phi) is 3.94. The second-order valence-corrected chi connectivity index (χ2v) is 4.51. The summed E-state index contributed by atoms with van der Waals surface area (Å²) in [7, 11) is 0. The van der Waals surface area contributed by atoms with E-state index in [1.54, 1.807) is 0 Å². The van der Waals surface area contributed by atoms with Crippen molar-refractivity contribution in [3.63, 3.8) is 0 Å². The van der Waals surface area contributed by atoms with Gasteiger partial charge in [0.25, 0.3) is 0 Å². The van der Waals surface area contributed by atoms with Crippen LogP contribution in [0.25, 0.3) is 0 Å². The first-order valence-electron chi connectivity index (χ1n) is 6.04. The molecule has 0 spiro atoms. The molecule has 2 rings (SSSR count). The van der Waals surface area contributed by atoms with E-state index < -0.39 is 0 Å². The summed E-state index contributed by atoms with van der Waals surface area (Å²) >= 11 is 0. The molecule has 0 aliphatic carbocycles. The summed E-state index contributed by atoms with van der Waals surface area (Å²) in [6.45, 7) is 3.00. The average molecular weight is 229 g/mol. The molecule has 0 saturated heterocycles. The van der Waals surface area contributed by atoms with Crippen LogP contribution in [0.3, 0.4) is 0 Å². The van der Waals surface area contributed by atoms with Crippen LogP contribution >= 0.6 is 0 Å².